The van der Waals surface area contributed by atoms with Gasteiger partial charge in [0, 0.05) is 0 Å². The first kappa shape index (κ1) is 17.9. The van der Waals surface area contributed by atoms with Gasteiger partial charge in [-0.25, -0.2) is 4.57 Å². The fourth-order valence-electron chi connectivity index (χ4n) is 1.13. The predicted octanol–water partition coefficient (Wildman–Crippen LogP) is 6.12. The van der Waals surface area contributed by atoms with Gasteiger partial charge in [-0.2, -0.15) is 0 Å². The Labute approximate surface area is 141 Å². The van der Waals surface area contributed by atoms with E-state index >= 15 is 0 Å². The minimum atomic E-state index is -3.61. The summed E-state index contributed by atoms with van der Waals surface area (Å²) < 4.78 is 29.5. The van der Waals surface area contributed by atoms with Crippen molar-refractivity contribution < 1.29 is 18.1 Å². The van der Waals surface area contributed by atoms with E-state index in [9.17, 15) is 4.57 Å². The Bertz CT molecular complexity index is 489. The molecular formula is C10H12Br3O4PS. The molecule has 1 aromatic heterocycles. The van der Waals surface area contributed by atoms with Crippen LogP contribution in [0.4, 0.5) is 0 Å². The lowest BCUT2D eigenvalue weighted by atomic mass is 10.4. The summed E-state index contributed by atoms with van der Waals surface area (Å²) in [5.74, 6) is 0.376. The van der Waals surface area contributed by atoms with E-state index in [0.29, 0.717) is 9.15 Å². The van der Waals surface area contributed by atoms with Crippen molar-refractivity contribution in [1.82, 2.24) is 0 Å². The Balaban J connectivity index is 3.03. The van der Waals surface area contributed by atoms with Crippen LogP contribution in [-0.4, -0.2) is 13.2 Å². The molecule has 0 saturated carbocycles. The number of hydrogen-bond acceptors (Lipinski definition) is 5. The first-order chi connectivity index (χ1) is 8.91. The standard InChI is InChI=1S/C10H12Br3O4PS/c1-3-15-18(14,16-4-2)17-9(10(12)13)7-5-6-8(11)19-7/h5-6H,3-4H2,1-2H3. The summed E-state index contributed by atoms with van der Waals surface area (Å²) in [6.07, 6.45) is 0. The molecule has 0 aromatic carbocycles. The molecule has 108 valence electrons. The smallest absolute Gasteiger partial charge is 0.401 e. The highest BCUT2D eigenvalue weighted by atomic mass is 79.9. The van der Waals surface area contributed by atoms with Crippen LogP contribution >= 0.6 is 66.9 Å². The quantitative estimate of drug-likeness (QED) is 0.335. The van der Waals surface area contributed by atoms with Gasteiger partial charge < -0.3 is 4.52 Å². The van der Waals surface area contributed by atoms with E-state index in [-0.39, 0.29) is 13.2 Å². The van der Waals surface area contributed by atoms with Crippen LogP contribution in [0.2, 0.25) is 0 Å². The van der Waals surface area contributed by atoms with Crippen LogP contribution in [0.15, 0.2) is 19.3 Å². The van der Waals surface area contributed by atoms with Crippen molar-refractivity contribution in [3.05, 3.63) is 24.2 Å². The SMILES string of the molecule is CCOP(=O)(OCC)OC(=C(Br)Br)c1ccc(Br)s1. The van der Waals surface area contributed by atoms with Crippen molar-refractivity contribution in [3.8, 4) is 0 Å². The number of rotatable bonds is 7. The van der Waals surface area contributed by atoms with E-state index in [1.165, 1.54) is 11.3 Å². The average molecular weight is 499 g/mol. The molecule has 9 heteroatoms. The second-order valence-electron chi connectivity index (χ2n) is 3.07. The van der Waals surface area contributed by atoms with Crippen LogP contribution < -0.4 is 0 Å². The summed E-state index contributed by atoms with van der Waals surface area (Å²) in [5, 5.41) is 0. The molecule has 0 saturated heterocycles. The van der Waals surface area contributed by atoms with Crippen molar-refractivity contribution in [2.24, 2.45) is 0 Å². The molecule has 4 nitrogen and oxygen atoms in total. The minimum absolute atomic E-state index is 0.235. The number of halogens is 3. The van der Waals surface area contributed by atoms with Crippen LogP contribution in [0.25, 0.3) is 5.76 Å². The third-order valence-electron chi connectivity index (χ3n) is 1.75. The fraction of sp³-hybridized carbons (Fsp3) is 0.400. The van der Waals surface area contributed by atoms with Crippen molar-refractivity contribution in [2.45, 2.75) is 13.8 Å². The van der Waals surface area contributed by atoms with Crippen molar-refractivity contribution in [2.75, 3.05) is 13.2 Å². The molecule has 0 atom stereocenters. The highest BCUT2D eigenvalue weighted by Crippen LogP contribution is 2.54. The zero-order valence-electron chi connectivity index (χ0n) is 10.2. The van der Waals surface area contributed by atoms with E-state index in [1.807, 2.05) is 12.1 Å². The van der Waals surface area contributed by atoms with Crippen LogP contribution in [0, 0.1) is 0 Å². The first-order valence-corrected chi connectivity index (χ1v) is 9.97. The van der Waals surface area contributed by atoms with Gasteiger partial charge in [-0.05, 0) is 73.8 Å². The molecule has 1 heterocycles. The largest absolute Gasteiger partial charge is 0.530 e. The lowest BCUT2D eigenvalue weighted by Crippen LogP contribution is -1.99. The Morgan fingerprint density at radius 1 is 1.26 bits per heavy atom. The molecule has 0 radical (unpaired) electrons. The maximum absolute atomic E-state index is 12.4. The van der Waals surface area contributed by atoms with Gasteiger partial charge in [0.1, 0.15) is 3.39 Å². The second-order valence-corrected chi connectivity index (χ2v) is 9.77. The van der Waals surface area contributed by atoms with Crippen molar-refractivity contribution in [1.29, 1.82) is 0 Å². The van der Waals surface area contributed by atoms with Gasteiger partial charge in [-0.15, -0.1) is 11.3 Å². The van der Waals surface area contributed by atoms with Crippen molar-refractivity contribution in [3.63, 3.8) is 0 Å². The lowest BCUT2D eigenvalue weighted by Gasteiger charge is -2.18. The van der Waals surface area contributed by atoms with Gasteiger partial charge >= 0.3 is 7.82 Å². The molecule has 19 heavy (non-hydrogen) atoms. The molecule has 1 aromatic rings. The summed E-state index contributed by atoms with van der Waals surface area (Å²) >= 11 is 11.4. The van der Waals surface area contributed by atoms with Crippen LogP contribution in [0.1, 0.15) is 18.7 Å². The van der Waals surface area contributed by atoms with E-state index in [1.54, 1.807) is 13.8 Å². The summed E-state index contributed by atoms with van der Waals surface area (Å²) in [4.78, 5) is 0.787. The summed E-state index contributed by atoms with van der Waals surface area (Å²) in [6.45, 7) is 3.92. The van der Waals surface area contributed by atoms with Gasteiger partial charge in [-0.1, -0.05) is 0 Å². The van der Waals surface area contributed by atoms with E-state index in [2.05, 4.69) is 47.8 Å². The first-order valence-electron chi connectivity index (χ1n) is 5.31. The van der Waals surface area contributed by atoms with Gasteiger partial charge in [0.05, 0.1) is 21.9 Å². The van der Waals surface area contributed by atoms with E-state index in [0.717, 1.165) is 8.66 Å². The van der Waals surface area contributed by atoms with Crippen molar-refractivity contribution >= 4 is 72.7 Å². The third kappa shape index (κ3) is 5.61. The molecule has 0 fully saturated rings. The molecule has 0 aliphatic rings. The topological polar surface area (TPSA) is 44.8 Å². The highest BCUT2D eigenvalue weighted by molar-refractivity contribution is 9.28. The third-order valence-corrected chi connectivity index (χ3v) is 5.64. The molecule has 0 aliphatic carbocycles. The number of phosphoric ester groups is 1. The molecule has 0 spiro atoms. The van der Waals surface area contributed by atoms with Gasteiger partial charge in [0.15, 0.2) is 5.76 Å². The molecule has 1 rings (SSSR count). The second kappa shape index (κ2) is 8.32. The predicted molar refractivity (Wildman–Crippen MR) is 88.7 cm³/mol. The Hall–Kier alpha value is 0.830. The zero-order chi connectivity index (χ0) is 14.5. The van der Waals surface area contributed by atoms with Gasteiger partial charge in [-0.3, -0.25) is 9.05 Å². The Morgan fingerprint density at radius 2 is 1.84 bits per heavy atom. The monoisotopic (exact) mass is 496 g/mol. The summed E-state index contributed by atoms with van der Waals surface area (Å²) in [6, 6.07) is 3.72. The maximum Gasteiger partial charge on any atom is 0.530 e. The Morgan fingerprint density at radius 3 is 2.21 bits per heavy atom. The number of thiophene rings is 1. The normalized spacial score (nSPS) is 11.4. The molecule has 0 unspecified atom stereocenters. The zero-order valence-corrected chi connectivity index (χ0v) is 16.7. The van der Waals surface area contributed by atoms with Crippen LogP contribution in [0.5, 0.6) is 0 Å². The fourth-order valence-corrected chi connectivity index (χ4v) is 4.89. The molecule has 0 bridgehead atoms. The Kier molecular flexibility index (Phi) is 7.83. The lowest BCUT2D eigenvalue weighted by molar-refractivity contribution is 0.159. The molecule has 0 N–H and O–H groups in total. The molecule has 0 aliphatic heterocycles. The van der Waals surface area contributed by atoms with Gasteiger partial charge in [0.2, 0.25) is 0 Å². The summed E-state index contributed by atoms with van der Waals surface area (Å²) in [7, 11) is -3.61. The van der Waals surface area contributed by atoms with E-state index in [4.69, 9.17) is 13.6 Å². The van der Waals surface area contributed by atoms with Gasteiger partial charge in [0.25, 0.3) is 0 Å². The summed E-state index contributed by atoms with van der Waals surface area (Å²) in [5.41, 5.74) is 0. The number of hydrogen-bond donors (Lipinski definition) is 0. The number of phosphoric acid groups is 1. The van der Waals surface area contributed by atoms with Crippen LogP contribution in [-0.2, 0) is 18.1 Å². The average Bonchev–Trinajstić information content (AvgIpc) is 2.73. The van der Waals surface area contributed by atoms with Crippen LogP contribution in [0.3, 0.4) is 0 Å². The minimum Gasteiger partial charge on any atom is -0.401 e. The molecular weight excluding hydrogens is 487 g/mol. The maximum atomic E-state index is 12.4. The van der Waals surface area contributed by atoms with E-state index < -0.39 is 7.82 Å². The molecule has 0 amide bonds. The highest BCUT2D eigenvalue weighted by Gasteiger charge is 2.30.